The van der Waals surface area contributed by atoms with Crippen LogP contribution in [0.4, 0.5) is 10.5 Å². The van der Waals surface area contributed by atoms with E-state index in [9.17, 15) is 9.59 Å². The molecule has 0 saturated heterocycles. The van der Waals surface area contributed by atoms with Crippen LogP contribution < -0.4 is 20.3 Å². The fourth-order valence-corrected chi connectivity index (χ4v) is 3.25. The number of nitrogens with zero attached hydrogens (tertiary/aromatic N) is 3. The third kappa shape index (κ3) is 2.87. The van der Waals surface area contributed by atoms with E-state index in [1.54, 1.807) is 34.7 Å². The Balaban J connectivity index is 1.48. The molecule has 0 unspecified atom stereocenters. The van der Waals surface area contributed by atoms with Gasteiger partial charge in [-0.1, -0.05) is 0 Å². The first kappa shape index (κ1) is 16.4. The third-order valence-electron chi connectivity index (χ3n) is 4.85. The van der Waals surface area contributed by atoms with Crippen LogP contribution in [-0.2, 0) is 19.9 Å². The number of aryl methyl sites for hydroxylation is 1. The van der Waals surface area contributed by atoms with Crippen molar-refractivity contribution in [2.75, 3.05) is 25.2 Å². The highest BCUT2D eigenvalue weighted by Gasteiger charge is 2.23. The smallest absolute Gasteiger partial charge is 0.321 e. The number of carbonyl (C=O) groups excluding carboxylic acids is 1. The lowest BCUT2D eigenvalue weighted by molar-refractivity contribution is 0.174. The minimum absolute atomic E-state index is 0.0227. The summed E-state index contributed by atoms with van der Waals surface area (Å²) in [6.45, 7) is 3.00. The summed E-state index contributed by atoms with van der Waals surface area (Å²) in [7, 11) is 1.72. The molecule has 0 spiro atoms. The average molecular weight is 356 g/mol. The highest BCUT2D eigenvalue weighted by atomic mass is 16.7. The fourth-order valence-electron chi connectivity index (χ4n) is 3.25. The van der Waals surface area contributed by atoms with Crippen LogP contribution in [-0.4, -0.2) is 40.4 Å². The molecule has 1 aromatic carbocycles. The quantitative estimate of drug-likeness (QED) is 0.836. The number of rotatable bonds is 1. The second-order valence-corrected chi connectivity index (χ2v) is 6.43. The van der Waals surface area contributed by atoms with Gasteiger partial charge in [0.15, 0.2) is 11.5 Å². The molecule has 0 saturated carbocycles. The van der Waals surface area contributed by atoms with Crippen LogP contribution in [0.15, 0.2) is 23.0 Å². The first-order valence-corrected chi connectivity index (χ1v) is 8.54. The Morgan fingerprint density at radius 3 is 2.81 bits per heavy atom. The van der Waals surface area contributed by atoms with Crippen molar-refractivity contribution < 1.29 is 14.3 Å². The van der Waals surface area contributed by atoms with E-state index in [1.165, 1.54) is 0 Å². The molecule has 26 heavy (non-hydrogen) atoms. The zero-order valence-corrected chi connectivity index (χ0v) is 14.7. The maximum absolute atomic E-state index is 12.6. The van der Waals surface area contributed by atoms with E-state index in [0.29, 0.717) is 54.5 Å². The van der Waals surface area contributed by atoms with Gasteiger partial charge in [-0.25, -0.2) is 9.78 Å². The van der Waals surface area contributed by atoms with E-state index in [1.807, 2.05) is 6.92 Å². The summed E-state index contributed by atoms with van der Waals surface area (Å²) in [4.78, 5) is 31.3. The first-order valence-electron chi connectivity index (χ1n) is 8.54. The summed E-state index contributed by atoms with van der Waals surface area (Å²) < 4.78 is 12.2. The summed E-state index contributed by atoms with van der Waals surface area (Å²) in [6.07, 6.45) is 1.07. The molecular formula is C18H20N4O4. The van der Waals surface area contributed by atoms with Gasteiger partial charge in [-0.3, -0.25) is 9.36 Å². The van der Waals surface area contributed by atoms with Gasteiger partial charge in [-0.05, 0) is 25.5 Å². The van der Waals surface area contributed by atoms with Gasteiger partial charge in [0.1, 0.15) is 5.82 Å². The minimum atomic E-state index is -0.204. The monoisotopic (exact) mass is 356 g/mol. The predicted octanol–water partition coefficient (Wildman–Crippen LogP) is 1.45. The van der Waals surface area contributed by atoms with E-state index in [-0.39, 0.29) is 18.4 Å². The molecule has 136 valence electrons. The molecule has 0 radical (unpaired) electrons. The zero-order valence-electron chi connectivity index (χ0n) is 14.7. The van der Waals surface area contributed by atoms with Gasteiger partial charge in [0.2, 0.25) is 6.79 Å². The van der Waals surface area contributed by atoms with Crippen LogP contribution in [0, 0.1) is 6.92 Å². The molecule has 0 atom stereocenters. The van der Waals surface area contributed by atoms with E-state index in [4.69, 9.17) is 9.47 Å². The predicted molar refractivity (Wildman–Crippen MR) is 94.8 cm³/mol. The van der Waals surface area contributed by atoms with Crippen LogP contribution in [0.3, 0.4) is 0 Å². The van der Waals surface area contributed by atoms with Gasteiger partial charge in [-0.15, -0.1) is 0 Å². The van der Waals surface area contributed by atoms with Gasteiger partial charge in [0.25, 0.3) is 5.56 Å². The van der Waals surface area contributed by atoms with Crippen LogP contribution in [0.5, 0.6) is 11.5 Å². The van der Waals surface area contributed by atoms with E-state index >= 15 is 0 Å². The van der Waals surface area contributed by atoms with Gasteiger partial charge < -0.3 is 19.7 Å². The zero-order chi connectivity index (χ0) is 18.3. The summed E-state index contributed by atoms with van der Waals surface area (Å²) in [6, 6.07) is 5.09. The van der Waals surface area contributed by atoms with Crippen molar-refractivity contribution in [3.05, 3.63) is 45.6 Å². The Kier molecular flexibility index (Phi) is 4.02. The highest BCUT2D eigenvalue weighted by molar-refractivity contribution is 5.89. The summed E-state index contributed by atoms with van der Waals surface area (Å²) in [5.41, 5.74) is 2.12. The van der Waals surface area contributed by atoms with Crippen molar-refractivity contribution in [1.82, 2.24) is 14.5 Å². The molecule has 0 fully saturated rings. The van der Waals surface area contributed by atoms with Crippen molar-refractivity contribution in [3.63, 3.8) is 0 Å². The Bertz CT molecular complexity index is 938. The van der Waals surface area contributed by atoms with Gasteiger partial charge in [0.05, 0.1) is 5.69 Å². The van der Waals surface area contributed by atoms with Crippen LogP contribution in [0.25, 0.3) is 0 Å². The number of benzene rings is 1. The number of carbonyl (C=O) groups is 1. The molecule has 2 aromatic rings. The molecule has 3 heterocycles. The minimum Gasteiger partial charge on any atom is -0.454 e. The maximum Gasteiger partial charge on any atom is 0.321 e. The van der Waals surface area contributed by atoms with Gasteiger partial charge in [0, 0.05) is 43.9 Å². The number of urea groups is 1. The summed E-state index contributed by atoms with van der Waals surface area (Å²) in [5, 5.41) is 2.88. The van der Waals surface area contributed by atoms with Crippen LogP contribution in [0.1, 0.15) is 17.1 Å². The lowest BCUT2D eigenvalue weighted by Gasteiger charge is -2.20. The second kappa shape index (κ2) is 6.36. The molecule has 1 aromatic heterocycles. The van der Waals surface area contributed by atoms with Gasteiger partial charge >= 0.3 is 6.03 Å². The van der Waals surface area contributed by atoms with Gasteiger partial charge in [-0.2, -0.15) is 0 Å². The normalized spacial score (nSPS) is 15.4. The topological polar surface area (TPSA) is 85.7 Å². The first-order chi connectivity index (χ1) is 12.5. The molecule has 8 nitrogen and oxygen atoms in total. The number of ether oxygens (including phenoxy) is 2. The number of hydrogen-bond donors (Lipinski definition) is 1. The maximum atomic E-state index is 12.6. The standard InChI is InChI=1S/C18H20N4O4/c1-11-19-14-6-8-22(7-5-13(14)17(23)21(11)2)18(24)20-12-3-4-15-16(9-12)26-10-25-15/h3-4,9H,5-8,10H2,1-2H3,(H,20,24). The lowest BCUT2D eigenvalue weighted by Crippen LogP contribution is -2.37. The van der Waals surface area contributed by atoms with E-state index in [2.05, 4.69) is 10.3 Å². The average Bonchev–Trinajstić information content (AvgIpc) is 2.98. The van der Waals surface area contributed by atoms with Crippen molar-refractivity contribution in [2.24, 2.45) is 7.05 Å². The highest BCUT2D eigenvalue weighted by Crippen LogP contribution is 2.34. The van der Waals surface area contributed by atoms with Crippen molar-refractivity contribution in [1.29, 1.82) is 0 Å². The molecule has 0 bridgehead atoms. The summed E-state index contributed by atoms with van der Waals surface area (Å²) >= 11 is 0. The van der Waals surface area contributed by atoms with Crippen molar-refractivity contribution >= 4 is 11.7 Å². The van der Waals surface area contributed by atoms with E-state index < -0.39 is 0 Å². The number of hydrogen-bond acceptors (Lipinski definition) is 5. The Hall–Kier alpha value is -3.03. The van der Waals surface area contributed by atoms with Crippen molar-refractivity contribution in [3.8, 4) is 11.5 Å². The molecular weight excluding hydrogens is 336 g/mol. The molecule has 2 aliphatic rings. The molecule has 2 amide bonds. The summed E-state index contributed by atoms with van der Waals surface area (Å²) in [5.74, 6) is 1.98. The largest absolute Gasteiger partial charge is 0.454 e. The second-order valence-electron chi connectivity index (χ2n) is 6.43. The third-order valence-corrected chi connectivity index (χ3v) is 4.85. The Morgan fingerprint density at radius 2 is 1.96 bits per heavy atom. The van der Waals surface area contributed by atoms with Crippen LogP contribution in [0.2, 0.25) is 0 Å². The van der Waals surface area contributed by atoms with Crippen molar-refractivity contribution in [2.45, 2.75) is 19.8 Å². The number of aromatic nitrogens is 2. The number of nitrogens with one attached hydrogen (secondary N) is 1. The molecule has 1 N–H and O–H groups in total. The number of anilines is 1. The molecule has 8 heteroatoms. The van der Waals surface area contributed by atoms with Crippen LogP contribution >= 0.6 is 0 Å². The fraction of sp³-hybridized carbons (Fsp3) is 0.389. The lowest BCUT2D eigenvalue weighted by atomic mass is 10.1. The molecule has 4 rings (SSSR count). The Labute approximate surface area is 150 Å². The number of amides is 2. The SMILES string of the molecule is Cc1nc2c(c(=O)n1C)CCN(C(=O)Nc1ccc3c(c1)OCO3)CC2. The van der Waals surface area contributed by atoms with E-state index in [0.717, 1.165) is 5.69 Å². The Morgan fingerprint density at radius 1 is 1.19 bits per heavy atom. The number of fused-ring (bicyclic) bond motifs is 2. The molecule has 2 aliphatic heterocycles. The molecule has 0 aliphatic carbocycles.